The van der Waals surface area contributed by atoms with Crippen LogP contribution in [-0.2, 0) is 10.2 Å². The molecule has 0 aromatic carbocycles. The minimum absolute atomic E-state index is 0.0827. The third-order valence-corrected chi connectivity index (χ3v) is 2.58. The van der Waals surface area contributed by atoms with E-state index in [1.807, 2.05) is 20.8 Å². The molecule has 1 heterocycles. The molecule has 0 saturated heterocycles. The number of hydrogen-bond donors (Lipinski definition) is 3. The van der Waals surface area contributed by atoms with E-state index in [1.54, 1.807) is 25.1 Å². The number of likely N-dealkylation sites (N-methyl/N-ethyl adjacent to an activating group) is 2. The van der Waals surface area contributed by atoms with Gasteiger partial charge >= 0.3 is 0 Å². The van der Waals surface area contributed by atoms with Gasteiger partial charge in [-0.25, -0.2) is 15.8 Å². The van der Waals surface area contributed by atoms with Crippen molar-refractivity contribution in [3.05, 3.63) is 11.9 Å². The zero-order chi connectivity index (χ0) is 14.6. The fraction of sp³-hybridized carbons (Fsp3) is 0.583. The van der Waals surface area contributed by atoms with Crippen molar-refractivity contribution in [1.82, 2.24) is 15.3 Å². The molecule has 0 saturated carbocycles. The summed E-state index contributed by atoms with van der Waals surface area (Å²) in [5.74, 6) is 7.18. The first-order chi connectivity index (χ1) is 8.77. The highest BCUT2D eigenvalue weighted by atomic mass is 16.1. The van der Waals surface area contributed by atoms with E-state index in [2.05, 4.69) is 20.7 Å². The number of amides is 1. The second-order valence-electron chi connectivity index (χ2n) is 5.36. The van der Waals surface area contributed by atoms with Crippen molar-refractivity contribution in [2.45, 2.75) is 26.2 Å². The average molecular weight is 266 g/mol. The van der Waals surface area contributed by atoms with Gasteiger partial charge < -0.3 is 15.6 Å². The van der Waals surface area contributed by atoms with Crippen molar-refractivity contribution in [1.29, 1.82) is 0 Å². The largest absolute Gasteiger partial charge is 0.358 e. The Labute approximate surface area is 113 Å². The molecule has 0 aliphatic heterocycles. The van der Waals surface area contributed by atoms with E-state index in [0.29, 0.717) is 17.5 Å². The molecular weight excluding hydrogens is 244 g/mol. The summed E-state index contributed by atoms with van der Waals surface area (Å²) in [7, 11) is 3.40. The lowest BCUT2D eigenvalue weighted by atomic mass is 9.96. The van der Waals surface area contributed by atoms with Crippen molar-refractivity contribution in [2.75, 3.05) is 31.0 Å². The number of carbonyl (C=O) groups excluding carboxylic acids is 1. The van der Waals surface area contributed by atoms with Crippen LogP contribution in [0.15, 0.2) is 6.07 Å². The van der Waals surface area contributed by atoms with Crippen molar-refractivity contribution in [3.8, 4) is 0 Å². The normalized spacial score (nSPS) is 11.1. The number of rotatable bonds is 4. The van der Waals surface area contributed by atoms with Crippen LogP contribution in [0.2, 0.25) is 0 Å². The third kappa shape index (κ3) is 4.06. The molecule has 1 aromatic heterocycles. The Morgan fingerprint density at radius 3 is 2.53 bits per heavy atom. The molecule has 0 aliphatic rings. The molecule has 0 spiro atoms. The molecule has 0 radical (unpaired) electrons. The summed E-state index contributed by atoms with van der Waals surface area (Å²) in [6.07, 6.45) is 0. The zero-order valence-electron chi connectivity index (χ0n) is 12.1. The highest BCUT2D eigenvalue weighted by Gasteiger charge is 2.20. The van der Waals surface area contributed by atoms with Crippen molar-refractivity contribution in [2.24, 2.45) is 5.84 Å². The number of hydrazine groups is 1. The summed E-state index contributed by atoms with van der Waals surface area (Å²) in [5.41, 5.74) is 2.32. The number of carbonyl (C=O) groups is 1. The summed E-state index contributed by atoms with van der Waals surface area (Å²) in [6, 6.07) is 1.71. The lowest BCUT2D eigenvalue weighted by molar-refractivity contribution is -0.119. The molecule has 7 heteroatoms. The number of nitrogen functional groups attached to an aromatic ring is 1. The summed E-state index contributed by atoms with van der Waals surface area (Å²) in [4.78, 5) is 22.0. The second kappa shape index (κ2) is 5.83. The molecule has 0 atom stereocenters. The van der Waals surface area contributed by atoms with E-state index in [9.17, 15) is 4.79 Å². The van der Waals surface area contributed by atoms with Crippen molar-refractivity contribution < 1.29 is 4.79 Å². The van der Waals surface area contributed by atoms with Crippen LogP contribution in [0.3, 0.4) is 0 Å². The monoisotopic (exact) mass is 266 g/mol. The Morgan fingerprint density at radius 2 is 2.05 bits per heavy atom. The van der Waals surface area contributed by atoms with Gasteiger partial charge in [-0.2, -0.15) is 0 Å². The minimum Gasteiger partial charge on any atom is -0.358 e. The van der Waals surface area contributed by atoms with E-state index in [1.165, 1.54) is 0 Å². The third-order valence-electron chi connectivity index (χ3n) is 2.58. The molecule has 0 bridgehead atoms. The summed E-state index contributed by atoms with van der Waals surface area (Å²) in [5, 5.41) is 2.57. The smallest absolute Gasteiger partial charge is 0.239 e. The van der Waals surface area contributed by atoms with Gasteiger partial charge in [-0.15, -0.1) is 0 Å². The number of nitrogens with zero attached hydrogens (tertiary/aromatic N) is 3. The van der Waals surface area contributed by atoms with E-state index >= 15 is 0 Å². The van der Waals surface area contributed by atoms with Gasteiger partial charge in [0.2, 0.25) is 5.91 Å². The summed E-state index contributed by atoms with van der Waals surface area (Å²) in [6.45, 7) is 6.28. The lowest BCUT2D eigenvalue weighted by Gasteiger charge is -2.22. The first-order valence-electron chi connectivity index (χ1n) is 6.06. The average Bonchev–Trinajstić information content (AvgIpc) is 2.36. The van der Waals surface area contributed by atoms with Gasteiger partial charge in [-0.05, 0) is 0 Å². The SMILES string of the molecule is CNC(=O)CN(C)c1cc(NN)nc(C(C)(C)C)n1. The van der Waals surface area contributed by atoms with Gasteiger partial charge in [-0.1, -0.05) is 20.8 Å². The summed E-state index contributed by atoms with van der Waals surface area (Å²) >= 11 is 0. The van der Waals surface area contributed by atoms with Crippen molar-refractivity contribution >= 4 is 17.5 Å². The van der Waals surface area contributed by atoms with Crippen LogP contribution < -0.4 is 21.5 Å². The maximum atomic E-state index is 11.4. The van der Waals surface area contributed by atoms with E-state index in [4.69, 9.17) is 5.84 Å². The molecule has 106 valence electrons. The van der Waals surface area contributed by atoms with E-state index in [0.717, 1.165) is 0 Å². The second-order valence-corrected chi connectivity index (χ2v) is 5.36. The van der Waals surface area contributed by atoms with Crippen LogP contribution in [-0.4, -0.2) is 36.5 Å². The van der Waals surface area contributed by atoms with Gasteiger partial charge in [0.25, 0.3) is 0 Å². The van der Waals surface area contributed by atoms with Gasteiger partial charge in [0.15, 0.2) is 0 Å². The standard InChI is InChI=1S/C12H22N6O/c1-12(2,3)11-15-8(17-13)6-9(16-11)18(5)7-10(19)14-4/h6H,7,13H2,1-5H3,(H,14,19)(H,15,16,17). The number of anilines is 2. The lowest BCUT2D eigenvalue weighted by Crippen LogP contribution is -2.34. The van der Waals surface area contributed by atoms with Crippen LogP contribution in [0.25, 0.3) is 0 Å². The Kier molecular flexibility index (Phi) is 4.66. The number of nitrogens with two attached hydrogens (primary N) is 1. The zero-order valence-corrected chi connectivity index (χ0v) is 12.1. The Balaban J connectivity index is 3.09. The highest BCUT2D eigenvalue weighted by Crippen LogP contribution is 2.23. The maximum absolute atomic E-state index is 11.4. The van der Waals surface area contributed by atoms with Crippen LogP contribution in [0.1, 0.15) is 26.6 Å². The molecular formula is C12H22N6O. The van der Waals surface area contributed by atoms with Crippen LogP contribution >= 0.6 is 0 Å². The van der Waals surface area contributed by atoms with Gasteiger partial charge in [0.05, 0.1) is 6.54 Å². The molecule has 1 rings (SSSR count). The fourth-order valence-electron chi connectivity index (χ4n) is 1.41. The van der Waals surface area contributed by atoms with Gasteiger partial charge in [-0.3, -0.25) is 4.79 Å². The molecule has 0 fully saturated rings. The molecule has 4 N–H and O–H groups in total. The summed E-state index contributed by atoms with van der Waals surface area (Å²) < 4.78 is 0. The molecule has 0 unspecified atom stereocenters. The van der Waals surface area contributed by atoms with Gasteiger partial charge in [0, 0.05) is 25.6 Å². The van der Waals surface area contributed by atoms with E-state index in [-0.39, 0.29) is 17.9 Å². The van der Waals surface area contributed by atoms with E-state index < -0.39 is 0 Å². The predicted octanol–water partition coefficient (Wildman–Crippen LogP) is 0.242. The number of hydrogen-bond acceptors (Lipinski definition) is 6. The molecule has 19 heavy (non-hydrogen) atoms. The quantitative estimate of drug-likeness (QED) is 0.534. The number of aromatic nitrogens is 2. The molecule has 1 aromatic rings. The van der Waals surface area contributed by atoms with Crippen LogP contribution in [0.4, 0.5) is 11.6 Å². The first-order valence-corrected chi connectivity index (χ1v) is 6.06. The van der Waals surface area contributed by atoms with Gasteiger partial charge in [0.1, 0.15) is 17.5 Å². The molecule has 0 aliphatic carbocycles. The molecule has 7 nitrogen and oxygen atoms in total. The Bertz CT molecular complexity index is 454. The fourth-order valence-corrected chi connectivity index (χ4v) is 1.41. The van der Waals surface area contributed by atoms with Crippen LogP contribution in [0.5, 0.6) is 0 Å². The minimum atomic E-state index is -0.199. The topological polar surface area (TPSA) is 96.2 Å². The Hall–Kier alpha value is -1.89. The predicted molar refractivity (Wildman–Crippen MR) is 75.9 cm³/mol. The highest BCUT2D eigenvalue weighted by molar-refractivity contribution is 5.80. The Morgan fingerprint density at radius 1 is 1.42 bits per heavy atom. The van der Waals surface area contributed by atoms with Crippen molar-refractivity contribution in [3.63, 3.8) is 0 Å². The number of nitrogens with one attached hydrogen (secondary N) is 2. The molecule has 1 amide bonds. The first kappa shape index (κ1) is 15.2. The van der Waals surface area contributed by atoms with Crippen LogP contribution in [0, 0.1) is 0 Å². The maximum Gasteiger partial charge on any atom is 0.239 e.